The summed E-state index contributed by atoms with van der Waals surface area (Å²) in [6.07, 6.45) is 2.25. The molecule has 1 amide bonds. The van der Waals surface area contributed by atoms with Crippen molar-refractivity contribution in [2.45, 2.75) is 13.3 Å². The average Bonchev–Trinajstić information content (AvgIpc) is 3.23. The number of carbonyl (C=O) groups excluding carboxylic acids is 1. The minimum Gasteiger partial charge on any atom is -0.360 e. The number of aromatic amines is 1. The zero-order chi connectivity index (χ0) is 17.2. The van der Waals surface area contributed by atoms with Crippen LogP contribution in [0.4, 0.5) is 5.69 Å². The van der Waals surface area contributed by atoms with E-state index in [0.717, 1.165) is 38.4 Å². The van der Waals surface area contributed by atoms with Gasteiger partial charge >= 0.3 is 0 Å². The first kappa shape index (κ1) is 15.6. The maximum atomic E-state index is 12.3. The number of hydrogen-bond acceptors (Lipinski definition) is 3. The van der Waals surface area contributed by atoms with Crippen LogP contribution in [-0.2, 0) is 11.2 Å². The molecule has 2 heterocycles. The third-order valence-electron chi connectivity index (χ3n) is 4.15. The Labute approximate surface area is 149 Å². The zero-order valence-electron chi connectivity index (χ0n) is 13.7. The fourth-order valence-electron chi connectivity index (χ4n) is 2.84. The number of aromatic nitrogens is 2. The van der Waals surface area contributed by atoms with E-state index in [9.17, 15) is 4.79 Å². The van der Waals surface area contributed by atoms with Crippen LogP contribution in [0.2, 0.25) is 0 Å². The molecule has 124 valence electrons. The van der Waals surface area contributed by atoms with Crippen molar-refractivity contribution in [1.82, 2.24) is 9.97 Å². The second kappa shape index (κ2) is 6.53. The number of nitrogens with one attached hydrogen (secondary N) is 2. The van der Waals surface area contributed by atoms with Crippen LogP contribution in [0.25, 0.3) is 22.2 Å². The van der Waals surface area contributed by atoms with Crippen LogP contribution >= 0.6 is 11.3 Å². The molecule has 2 aromatic heterocycles. The lowest BCUT2D eigenvalue weighted by atomic mass is 10.1. The standard InChI is InChI=1S/C20H17N3OS/c1-13-6-2-4-8-16(13)22-19(24)10-20-23-18(12-25-20)15-11-21-17-9-5-3-7-14(15)17/h2-9,11-12,21H,10H2,1H3,(H,22,24). The SMILES string of the molecule is Cc1ccccc1NC(=O)Cc1nc(-c2c[nH]c3ccccc23)cs1. The van der Waals surface area contributed by atoms with Gasteiger partial charge in [0.2, 0.25) is 5.91 Å². The molecule has 0 aliphatic rings. The molecule has 4 nitrogen and oxygen atoms in total. The lowest BCUT2D eigenvalue weighted by molar-refractivity contribution is -0.115. The summed E-state index contributed by atoms with van der Waals surface area (Å²) in [5, 5.41) is 6.91. The Morgan fingerprint density at radius 2 is 1.96 bits per heavy atom. The summed E-state index contributed by atoms with van der Waals surface area (Å²) in [7, 11) is 0. The second-order valence-electron chi connectivity index (χ2n) is 5.91. The molecule has 0 unspecified atom stereocenters. The Balaban J connectivity index is 1.52. The molecular formula is C20H17N3OS. The first-order valence-electron chi connectivity index (χ1n) is 8.07. The molecule has 4 rings (SSSR count). The number of anilines is 1. The molecule has 0 aliphatic heterocycles. The molecule has 0 fully saturated rings. The van der Waals surface area contributed by atoms with Gasteiger partial charge in [0.05, 0.1) is 12.1 Å². The predicted molar refractivity (Wildman–Crippen MR) is 103 cm³/mol. The van der Waals surface area contributed by atoms with Crippen molar-refractivity contribution in [1.29, 1.82) is 0 Å². The summed E-state index contributed by atoms with van der Waals surface area (Å²) < 4.78 is 0. The summed E-state index contributed by atoms with van der Waals surface area (Å²) in [4.78, 5) is 20.2. The quantitative estimate of drug-likeness (QED) is 0.558. The highest BCUT2D eigenvalue weighted by Gasteiger charge is 2.12. The Morgan fingerprint density at radius 3 is 2.84 bits per heavy atom. The van der Waals surface area contributed by atoms with E-state index in [2.05, 4.69) is 21.4 Å². The van der Waals surface area contributed by atoms with E-state index in [4.69, 9.17) is 0 Å². The van der Waals surface area contributed by atoms with E-state index in [0.29, 0.717) is 0 Å². The van der Waals surface area contributed by atoms with Crippen LogP contribution in [0.15, 0.2) is 60.1 Å². The second-order valence-corrected chi connectivity index (χ2v) is 6.86. The minimum atomic E-state index is -0.0471. The molecule has 0 saturated heterocycles. The van der Waals surface area contributed by atoms with Crippen LogP contribution < -0.4 is 5.32 Å². The van der Waals surface area contributed by atoms with Crippen molar-refractivity contribution in [3.8, 4) is 11.3 Å². The molecule has 25 heavy (non-hydrogen) atoms. The summed E-state index contributed by atoms with van der Waals surface area (Å²) in [5.74, 6) is -0.0471. The van der Waals surface area contributed by atoms with Gasteiger partial charge in [-0.1, -0.05) is 36.4 Å². The highest BCUT2D eigenvalue weighted by molar-refractivity contribution is 7.10. The summed E-state index contributed by atoms with van der Waals surface area (Å²) >= 11 is 1.51. The van der Waals surface area contributed by atoms with Crippen LogP contribution in [0.3, 0.4) is 0 Å². The van der Waals surface area contributed by atoms with Crippen molar-refractivity contribution in [3.63, 3.8) is 0 Å². The van der Waals surface area contributed by atoms with Crippen LogP contribution in [0, 0.1) is 6.92 Å². The highest BCUT2D eigenvalue weighted by atomic mass is 32.1. The fourth-order valence-corrected chi connectivity index (χ4v) is 3.64. The molecule has 0 atom stereocenters. The maximum Gasteiger partial charge on any atom is 0.231 e. The normalized spacial score (nSPS) is 10.9. The monoisotopic (exact) mass is 347 g/mol. The van der Waals surface area contributed by atoms with Gasteiger partial charge < -0.3 is 10.3 Å². The third-order valence-corrected chi connectivity index (χ3v) is 5.00. The van der Waals surface area contributed by atoms with E-state index < -0.39 is 0 Å². The lowest BCUT2D eigenvalue weighted by Crippen LogP contribution is -2.14. The third kappa shape index (κ3) is 3.19. The van der Waals surface area contributed by atoms with Crippen molar-refractivity contribution in [2.24, 2.45) is 0 Å². The molecule has 0 radical (unpaired) electrons. The number of thiazole rings is 1. The van der Waals surface area contributed by atoms with Gasteiger partial charge in [-0.3, -0.25) is 4.79 Å². The molecule has 0 aliphatic carbocycles. The first-order chi connectivity index (χ1) is 12.2. The van der Waals surface area contributed by atoms with Gasteiger partial charge in [0.25, 0.3) is 0 Å². The minimum absolute atomic E-state index is 0.0471. The van der Waals surface area contributed by atoms with Crippen LogP contribution in [-0.4, -0.2) is 15.9 Å². The zero-order valence-corrected chi connectivity index (χ0v) is 14.6. The van der Waals surface area contributed by atoms with E-state index in [-0.39, 0.29) is 12.3 Å². The molecule has 2 aromatic carbocycles. The van der Waals surface area contributed by atoms with Crippen LogP contribution in [0.5, 0.6) is 0 Å². The van der Waals surface area contributed by atoms with Gasteiger partial charge in [0.15, 0.2) is 0 Å². The molecular weight excluding hydrogens is 330 g/mol. The van der Waals surface area contributed by atoms with Gasteiger partial charge in [-0.25, -0.2) is 4.98 Å². The van der Waals surface area contributed by atoms with Gasteiger partial charge in [-0.2, -0.15) is 0 Å². The Morgan fingerprint density at radius 1 is 1.16 bits per heavy atom. The van der Waals surface area contributed by atoms with Crippen LogP contribution in [0.1, 0.15) is 10.6 Å². The first-order valence-corrected chi connectivity index (χ1v) is 8.95. The molecule has 5 heteroatoms. The van der Waals surface area contributed by atoms with E-state index >= 15 is 0 Å². The molecule has 0 spiro atoms. The van der Waals surface area contributed by atoms with Gasteiger partial charge in [0.1, 0.15) is 5.01 Å². The Bertz CT molecular complexity index is 1050. The largest absolute Gasteiger partial charge is 0.360 e. The molecule has 2 N–H and O–H groups in total. The number of nitrogens with zero attached hydrogens (tertiary/aromatic N) is 1. The van der Waals surface area contributed by atoms with Crippen molar-refractivity contribution in [2.75, 3.05) is 5.32 Å². The van der Waals surface area contributed by atoms with E-state index in [1.54, 1.807) is 0 Å². The highest BCUT2D eigenvalue weighted by Crippen LogP contribution is 2.29. The Hall–Kier alpha value is -2.92. The lowest BCUT2D eigenvalue weighted by Gasteiger charge is -2.06. The number of benzene rings is 2. The van der Waals surface area contributed by atoms with Gasteiger partial charge in [-0.05, 0) is 24.6 Å². The van der Waals surface area contributed by atoms with Gasteiger partial charge in [0, 0.05) is 33.7 Å². The summed E-state index contributed by atoms with van der Waals surface area (Å²) in [5.41, 5.74) is 4.96. The molecule has 0 bridgehead atoms. The fraction of sp³-hybridized carbons (Fsp3) is 0.100. The van der Waals surface area contributed by atoms with E-state index in [1.807, 2.05) is 61.0 Å². The van der Waals surface area contributed by atoms with Crippen molar-refractivity contribution >= 4 is 33.8 Å². The molecule has 0 saturated carbocycles. The van der Waals surface area contributed by atoms with Gasteiger partial charge in [-0.15, -0.1) is 11.3 Å². The molecule has 4 aromatic rings. The number of amides is 1. The average molecular weight is 347 g/mol. The number of fused-ring (bicyclic) bond motifs is 1. The smallest absolute Gasteiger partial charge is 0.231 e. The predicted octanol–water partition coefficient (Wildman–Crippen LogP) is 4.78. The van der Waals surface area contributed by atoms with Crippen molar-refractivity contribution in [3.05, 3.63) is 70.7 Å². The topological polar surface area (TPSA) is 57.8 Å². The number of para-hydroxylation sites is 2. The number of aryl methyl sites for hydroxylation is 1. The summed E-state index contributed by atoms with van der Waals surface area (Å²) in [6, 6.07) is 15.9. The van der Waals surface area contributed by atoms with E-state index in [1.165, 1.54) is 11.3 Å². The number of hydrogen-bond donors (Lipinski definition) is 2. The van der Waals surface area contributed by atoms with Crippen molar-refractivity contribution < 1.29 is 4.79 Å². The number of H-pyrrole nitrogens is 1. The summed E-state index contributed by atoms with van der Waals surface area (Å²) in [6.45, 7) is 1.98. The Kier molecular flexibility index (Phi) is 4.07. The number of rotatable bonds is 4. The maximum absolute atomic E-state index is 12.3. The number of carbonyl (C=O) groups is 1.